The number of aryl methyl sites for hydroxylation is 1. The Morgan fingerprint density at radius 2 is 1.92 bits per heavy atom. The number of benzene rings is 1. The first-order valence-corrected chi connectivity index (χ1v) is 8.09. The number of carboxylic acids is 1. The molecule has 1 rings (SSSR count). The zero-order chi connectivity index (χ0) is 18.9. The van der Waals surface area contributed by atoms with Gasteiger partial charge in [-0.25, -0.2) is 9.59 Å². The molecule has 0 fully saturated rings. The summed E-state index contributed by atoms with van der Waals surface area (Å²) in [7, 11) is 0. The van der Waals surface area contributed by atoms with Gasteiger partial charge in [-0.05, 0) is 57.7 Å². The highest BCUT2D eigenvalue weighted by Crippen LogP contribution is 2.14. The molecule has 6 heteroatoms. The predicted octanol–water partition coefficient (Wildman–Crippen LogP) is 3.00. The van der Waals surface area contributed by atoms with Gasteiger partial charge in [0.25, 0.3) is 0 Å². The summed E-state index contributed by atoms with van der Waals surface area (Å²) in [4.78, 5) is 23.0. The fourth-order valence-corrected chi connectivity index (χ4v) is 2.09. The molecule has 0 aliphatic carbocycles. The molecular weight excluding hydrogens is 322 g/mol. The summed E-state index contributed by atoms with van der Waals surface area (Å²) in [5.41, 5.74) is 0.380. The van der Waals surface area contributed by atoms with E-state index in [0.717, 1.165) is 5.56 Å². The van der Waals surface area contributed by atoms with E-state index in [0.29, 0.717) is 25.0 Å². The summed E-state index contributed by atoms with van der Waals surface area (Å²) in [6, 6.07) is 6.47. The highest BCUT2D eigenvalue weighted by molar-refractivity contribution is 5.79. The molecule has 1 aromatic rings. The average molecular weight is 347 g/mol. The molecule has 2 N–H and O–H groups in total. The van der Waals surface area contributed by atoms with Gasteiger partial charge in [0.05, 0.1) is 0 Å². The van der Waals surface area contributed by atoms with E-state index < -0.39 is 23.7 Å². The van der Waals surface area contributed by atoms with Crippen LogP contribution in [0.1, 0.15) is 39.2 Å². The number of alkyl carbamates (subject to hydrolysis) is 1. The number of ether oxygens (including phenoxy) is 2. The van der Waals surface area contributed by atoms with Gasteiger partial charge in [-0.3, -0.25) is 0 Å². The van der Waals surface area contributed by atoms with Crippen LogP contribution in [0.2, 0.25) is 0 Å². The van der Waals surface area contributed by atoms with Crippen molar-refractivity contribution in [2.75, 3.05) is 6.61 Å². The first kappa shape index (κ1) is 20.4. The number of terminal acetylenes is 1. The molecule has 6 nitrogen and oxygen atoms in total. The van der Waals surface area contributed by atoms with Gasteiger partial charge < -0.3 is 19.9 Å². The Kier molecular flexibility index (Phi) is 7.80. The van der Waals surface area contributed by atoms with Crippen molar-refractivity contribution in [2.24, 2.45) is 0 Å². The van der Waals surface area contributed by atoms with Crippen molar-refractivity contribution in [1.29, 1.82) is 0 Å². The van der Waals surface area contributed by atoms with E-state index in [9.17, 15) is 14.7 Å². The molecule has 0 aliphatic heterocycles. The van der Waals surface area contributed by atoms with Crippen molar-refractivity contribution in [2.45, 2.75) is 51.7 Å². The average Bonchev–Trinajstić information content (AvgIpc) is 2.51. The second kappa shape index (κ2) is 9.58. The van der Waals surface area contributed by atoms with Crippen LogP contribution >= 0.6 is 0 Å². The lowest BCUT2D eigenvalue weighted by molar-refractivity contribution is -0.139. The Hall–Kier alpha value is -2.68. The first-order valence-electron chi connectivity index (χ1n) is 8.09. The summed E-state index contributed by atoms with van der Waals surface area (Å²) in [6.45, 7) is 5.38. The maximum absolute atomic E-state index is 11.7. The smallest absolute Gasteiger partial charge is 0.408 e. The Morgan fingerprint density at radius 1 is 1.28 bits per heavy atom. The van der Waals surface area contributed by atoms with Crippen molar-refractivity contribution in [3.8, 4) is 18.1 Å². The number of aliphatic carboxylic acids is 1. The number of rotatable bonds is 8. The molecule has 0 unspecified atom stereocenters. The van der Waals surface area contributed by atoms with E-state index in [-0.39, 0.29) is 6.61 Å². The molecule has 1 amide bonds. The number of hydrogen-bond donors (Lipinski definition) is 2. The summed E-state index contributed by atoms with van der Waals surface area (Å²) < 4.78 is 10.4. The normalized spacial score (nSPS) is 11.9. The first-order chi connectivity index (χ1) is 11.7. The minimum atomic E-state index is -1.08. The summed E-state index contributed by atoms with van der Waals surface area (Å²) in [5, 5.41) is 11.6. The minimum Gasteiger partial charge on any atom is -0.481 e. The number of amides is 1. The Labute approximate surface area is 148 Å². The van der Waals surface area contributed by atoms with Gasteiger partial charge in [0, 0.05) is 0 Å². The zero-order valence-corrected chi connectivity index (χ0v) is 14.9. The van der Waals surface area contributed by atoms with Crippen molar-refractivity contribution < 1.29 is 24.2 Å². The molecule has 0 saturated heterocycles. The van der Waals surface area contributed by atoms with E-state index in [1.54, 1.807) is 20.8 Å². The van der Waals surface area contributed by atoms with Crippen LogP contribution in [0.3, 0.4) is 0 Å². The second-order valence-corrected chi connectivity index (χ2v) is 6.57. The van der Waals surface area contributed by atoms with Gasteiger partial charge in [0.2, 0.25) is 0 Å². The Balaban J connectivity index is 2.46. The number of nitrogens with one attached hydrogen (secondary N) is 1. The molecule has 1 atom stereocenters. The van der Waals surface area contributed by atoms with E-state index in [1.807, 2.05) is 24.3 Å². The van der Waals surface area contributed by atoms with Gasteiger partial charge >= 0.3 is 12.1 Å². The van der Waals surface area contributed by atoms with Crippen molar-refractivity contribution in [1.82, 2.24) is 5.32 Å². The summed E-state index contributed by atoms with van der Waals surface area (Å²) in [5.74, 6) is 2.01. The lowest BCUT2D eigenvalue weighted by Crippen LogP contribution is -2.43. The summed E-state index contributed by atoms with van der Waals surface area (Å²) in [6.07, 6.45) is 6.01. The van der Waals surface area contributed by atoms with E-state index in [4.69, 9.17) is 15.9 Å². The molecule has 0 aliphatic rings. The largest absolute Gasteiger partial charge is 0.481 e. The van der Waals surface area contributed by atoms with Crippen molar-refractivity contribution >= 4 is 12.1 Å². The van der Waals surface area contributed by atoms with Crippen LogP contribution < -0.4 is 10.1 Å². The molecule has 1 aromatic carbocycles. The van der Waals surface area contributed by atoms with Crippen molar-refractivity contribution in [3.05, 3.63) is 29.8 Å². The number of carbonyl (C=O) groups is 2. The quantitative estimate of drug-likeness (QED) is 0.706. The second-order valence-electron chi connectivity index (χ2n) is 6.57. The van der Waals surface area contributed by atoms with E-state index in [1.165, 1.54) is 0 Å². The fraction of sp³-hybridized carbons (Fsp3) is 0.474. The molecule has 0 heterocycles. The molecular formula is C19H25NO5. The molecule has 136 valence electrons. The SMILES string of the molecule is C#CCOc1ccc(CCC[C@H](NC(=O)OC(C)(C)C)C(=O)O)cc1. The van der Waals surface area contributed by atoms with Crippen LogP contribution in [0.4, 0.5) is 4.79 Å². The highest BCUT2D eigenvalue weighted by atomic mass is 16.6. The monoisotopic (exact) mass is 347 g/mol. The van der Waals surface area contributed by atoms with E-state index >= 15 is 0 Å². The topological polar surface area (TPSA) is 84.9 Å². The van der Waals surface area contributed by atoms with Gasteiger partial charge in [0.15, 0.2) is 0 Å². The lowest BCUT2D eigenvalue weighted by atomic mass is 10.0. The third kappa shape index (κ3) is 8.66. The van der Waals surface area contributed by atoms with Crippen LogP contribution in [-0.2, 0) is 16.0 Å². The van der Waals surface area contributed by atoms with Crippen LogP contribution in [0, 0.1) is 12.3 Å². The fourth-order valence-electron chi connectivity index (χ4n) is 2.09. The van der Waals surface area contributed by atoms with Crippen molar-refractivity contribution in [3.63, 3.8) is 0 Å². The van der Waals surface area contributed by atoms with Crippen LogP contribution in [-0.4, -0.2) is 35.4 Å². The maximum Gasteiger partial charge on any atom is 0.408 e. The molecule has 25 heavy (non-hydrogen) atoms. The van der Waals surface area contributed by atoms with Gasteiger partial charge in [-0.1, -0.05) is 18.1 Å². The Bertz CT molecular complexity index is 610. The third-order valence-corrected chi connectivity index (χ3v) is 3.19. The number of carbonyl (C=O) groups excluding carboxylic acids is 1. The van der Waals surface area contributed by atoms with Gasteiger partial charge in [-0.2, -0.15) is 0 Å². The van der Waals surface area contributed by atoms with Gasteiger partial charge in [-0.15, -0.1) is 6.42 Å². The molecule has 0 aromatic heterocycles. The Morgan fingerprint density at radius 3 is 2.44 bits per heavy atom. The lowest BCUT2D eigenvalue weighted by Gasteiger charge is -2.22. The van der Waals surface area contributed by atoms with Crippen LogP contribution in [0.5, 0.6) is 5.75 Å². The number of carboxylic acid groups (broad SMARTS) is 1. The van der Waals surface area contributed by atoms with Crippen LogP contribution in [0.15, 0.2) is 24.3 Å². The van der Waals surface area contributed by atoms with Gasteiger partial charge in [0.1, 0.15) is 24.0 Å². The third-order valence-electron chi connectivity index (χ3n) is 3.19. The molecule has 0 spiro atoms. The standard InChI is InChI=1S/C19H25NO5/c1-5-13-24-15-11-9-14(10-12-15)7-6-8-16(17(21)22)20-18(23)25-19(2,3)4/h1,9-12,16H,6-8,13H2,2-4H3,(H,20,23)(H,21,22)/t16-/m0/s1. The highest BCUT2D eigenvalue weighted by Gasteiger charge is 2.23. The summed E-state index contributed by atoms with van der Waals surface area (Å²) >= 11 is 0. The van der Waals surface area contributed by atoms with Crippen LogP contribution in [0.25, 0.3) is 0 Å². The molecule has 0 radical (unpaired) electrons. The zero-order valence-electron chi connectivity index (χ0n) is 14.9. The number of hydrogen-bond acceptors (Lipinski definition) is 4. The molecule has 0 bridgehead atoms. The predicted molar refractivity (Wildman–Crippen MR) is 94.5 cm³/mol. The maximum atomic E-state index is 11.7. The minimum absolute atomic E-state index is 0.218. The van der Waals surface area contributed by atoms with E-state index in [2.05, 4.69) is 11.2 Å². The molecule has 0 saturated carbocycles.